The van der Waals surface area contributed by atoms with Gasteiger partial charge in [-0.15, -0.1) is 0 Å². The molecule has 4 aromatic rings. The number of hydrogen-bond donors (Lipinski definition) is 2. The number of anilines is 2. The van der Waals surface area contributed by atoms with E-state index in [0.29, 0.717) is 29.2 Å². The SMILES string of the molecule is CCOc1ccccc1/C=C/C(=O)c1ccc(NC(=O)/C(=C/c2ccc(N(C)C)cc2)NC(=O)c2ccccc2)cc1. The molecule has 0 aromatic heterocycles. The Morgan fingerprint density at radius 1 is 0.786 bits per heavy atom. The molecule has 0 aliphatic heterocycles. The van der Waals surface area contributed by atoms with Crippen molar-refractivity contribution in [2.45, 2.75) is 6.92 Å². The Bertz CT molecular complexity index is 1590. The van der Waals surface area contributed by atoms with Crippen molar-refractivity contribution in [1.29, 1.82) is 0 Å². The first kappa shape index (κ1) is 29.6. The van der Waals surface area contributed by atoms with E-state index in [1.54, 1.807) is 60.7 Å². The van der Waals surface area contributed by atoms with Gasteiger partial charge in [0, 0.05) is 42.2 Å². The maximum absolute atomic E-state index is 13.3. The third-order valence-electron chi connectivity index (χ3n) is 6.31. The molecule has 2 amide bonds. The lowest BCUT2D eigenvalue weighted by Crippen LogP contribution is -2.30. The van der Waals surface area contributed by atoms with E-state index in [1.165, 1.54) is 6.08 Å². The molecule has 0 spiro atoms. The Morgan fingerprint density at radius 2 is 1.45 bits per heavy atom. The number of hydrogen-bond acceptors (Lipinski definition) is 5. The topological polar surface area (TPSA) is 87.7 Å². The smallest absolute Gasteiger partial charge is 0.272 e. The van der Waals surface area contributed by atoms with Gasteiger partial charge in [-0.3, -0.25) is 14.4 Å². The van der Waals surface area contributed by atoms with E-state index < -0.39 is 11.8 Å². The second-order valence-electron chi connectivity index (χ2n) is 9.56. The number of rotatable bonds is 11. The van der Waals surface area contributed by atoms with Crippen LogP contribution in [0.4, 0.5) is 11.4 Å². The van der Waals surface area contributed by atoms with Crippen LogP contribution in [0.5, 0.6) is 5.75 Å². The van der Waals surface area contributed by atoms with Crippen molar-refractivity contribution >= 4 is 41.1 Å². The van der Waals surface area contributed by atoms with Gasteiger partial charge in [0.25, 0.3) is 11.8 Å². The number of amides is 2. The summed E-state index contributed by atoms with van der Waals surface area (Å²) in [5, 5.41) is 5.56. The van der Waals surface area contributed by atoms with Gasteiger partial charge in [0.15, 0.2) is 5.78 Å². The predicted molar refractivity (Wildman–Crippen MR) is 169 cm³/mol. The van der Waals surface area contributed by atoms with E-state index in [4.69, 9.17) is 4.74 Å². The van der Waals surface area contributed by atoms with Crippen molar-refractivity contribution in [2.75, 3.05) is 30.9 Å². The van der Waals surface area contributed by atoms with E-state index in [2.05, 4.69) is 10.6 Å². The summed E-state index contributed by atoms with van der Waals surface area (Å²) in [7, 11) is 3.89. The summed E-state index contributed by atoms with van der Waals surface area (Å²) in [5.74, 6) is -0.377. The molecule has 0 unspecified atom stereocenters. The van der Waals surface area contributed by atoms with Gasteiger partial charge < -0.3 is 20.3 Å². The van der Waals surface area contributed by atoms with Gasteiger partial charge in [-0.25, -0.2) is 0 Å². The monoisotopic (exact) mass is 559 g/mol. The van der Waals surface area contributed by atoms with E-state index in [9.17, 15) is 14.4 Å². The fourth-order valence-corrected chi connectivity index (χ4v) is 4.06. The summed E-state index contributed by atoms with van der Waals surface area (Å²) in [6.07, 6.45) is 4.84. The van der Waals surface area contributed by atoms with Crippen LogP contribution >= 0.6 is 0 Å². The molecular weight excluding hydrogens is 526 g/mol. The highest BCUT2D eigenvalue weighted by Crippen LogP contribution is 2.20. The van der Waals surface area contributed by atoms with Crippen molar-refractivity contribution in [3.05, 3.63) is 137 Å². The van der Waals surface area contributed by atoms with Crippen molar-refractivity contribution in [2.24, 2.45) is 0 Å². The molecular formula is C35H33N3O4. The van der Waals surface area contributed by atoms with Gasteiger partial charge in [-0.05, 0) is 85.3 Å². The first-order valence-electron chi connectivity index (χ1n) is 13.5. The summed E-state index contributed by atoms with van der Waals surface area (Å²) < 4.78 is 5.61. The van der Waals surface area contributed by atoms with Crippen molar-refractivity contribution < 1.29 is 19.1 Å². The quantitative estimate of drug-likeness (QED) is 0.163. The number of allylic oxidation sites excluding steroid dienone is 1. The molecule has 4 rings (SSSR count). The molecule has 0 aliphatic rings. The maximum Gasteiger partial charge on any atom is 0.272 e. The van der Waals surface area contributed by atoms with Gasteiger partial charge in [0.1, 0.15) is 11.4 Å². The molecule has 0 bridgehead atoms. The third-order valence-corrected chi connectivity index (χ3v) is 6.31. The fourth-order valence-electron chi connectivity index (χ4n) is 4.06. The number of nitrogens with zero attached hydrogens (tertiary/aromatic N) is 1. The minimum Gasteiger partial charge on any atom is -0.493 e. The summed E-state index contributed by atoms with van der Waals surface area (Å²) in [4.78, 5) is 41.0. The van der Waals surface area contributed by atoms with E-state index in [0.717, 1.165) is 16.8 Å². The fraction of sp³-hybridized carbons (Fsp3) is 0.114. The van der Waals surface area contributed by atoms with Crippen LogP contribution in [-0.2, 0) is 4.79 Å². The molecule has 0 heterocycles. The first-order chi connectivity index (χ1) is 20.3. The molecule has 0 fully saturated rings. The molecule has 4 aromatic carbocycles. The Hall–Kier alpha value is -5.43. The molecule has 7 nitrogen and oxygen atoms in total. The first-order valence-corrected chi connectivity index (χ1v) is 13.5. The van der Waals surface area contributed by atoms with Crippen LogP contribution in [0.2, 0.25) is 0 Å². The third kappa shape index (κ3) is 8.05. The molecule has 0 saturated heterocycles. The van der Waals surface area contributed by atoms with Crippen molar-refractivity contribution in [3.8, 4) is 5.75 Å². The van der Waals surface area contributed by atoms with Gasteiger partial charge in [-0.2, -0.15) is 0 Å². The molecule has 0 atom stereocenters. The minimum absolute atomic E-state index is 0.0810. The van der Waals surface area contributed by atoms with Gasteiger partial charge in [-0.1, -0.05) is 48.5 Å². The Labute approximate surface area is 246 Å². The average Bonchev–Trinajstić information content (AvgIpc) is 3.01. The molecule has 2 N–H and O–H groups in total. The van der Waals surface area contributed by atoms with Crippen LogP contribution in [0, 0.1) is 0 Å². The van der Waals surface area contributed by atoms with Crippen LogP contribution in [0.25, 0.3) is 12.2 Å². The molecule has 212 valence electrons. The predicted octanol–water partition coefficient (Wildman–Crippen LogP) is 6.46. The van der Waals surface area contributed by atoms with Gasteiger partial charge >= 0.3 is 0 Å². The Balaban J connectivity index is 1.50. The van der Waals surface area contributed by atoms with Crippen molar-refractivity contribution in [1.82, 2.24) is 5.32 Å². The number of carbonyl (C=O) groups is 3. The Morgan fingerprint density at radius 3 is 2.12 bits per heavy atom. The number of nitrogens with one attached hydrogen (secondary N) is 2. The molecule has 0 aliphatic carbocycles. The normalized spacial score (nSPS) is 11.2. The second kappa shape index (κ2) is 14.3. The maximum atomic E-state index is 13.3. The van der Waals surface area contributed by atoms with E-state index >= 15 is 0 Å². The van der Waals surface area contributed by atoms with Gasteiger partial charge in [0.2, 0.25) is 0 Å². The zero-order valence-electron chi connectivity index (χ0n) is 23.8. The summed E-state index contributed by atoms with van der Waals surface area (Å²) in [6, 6.07) is 30.4. The lowest BCUT2D eigenvalue weighted by atomic mass is 10.1. The number of carbonyl (C=O) groups excluding carboxylic acids is 3. The van der Waals surface area contributed by atoms with Crippen LogP contribution in [0.3, 0.4) is 0 Å². The lowest BCUT2D eigenvalue weighted by Gasteiger charge is -2.13. The number of ether oxygens (including phenoxy) is 1. The van der Waals surface area contributed by atoms with Crippen LogP contribution in [-0.4, -0.2) is 38.3 Å². The van der Waals surface area contributed by atoms with Crippen LogP contribution < -0.4 is 20.3 Å². The standard InChI is InChI=1S/C35H33N3O4/c1-4-42-33-13-9-8-10-27(33)18-23-32(39)26-16-19-29(20-17-26)36-35(41)31(37-34(40)28-11-6-5-7-12-28)24-25-14-21-30(22-15-25)38(2)3/h5-24H,4H2,1-3H3,(H,36,41)(H,37,40)/b23-18+,31-24-. The van der Waals surface area contributed by atoms with Crippen LogP contribution in [0.15, 0.2) is 115 Å². The van der Waals surface area contributed by atoms with E-state index in [-0.39, 0.29) is 11.5 Å². The zero-order valence-corrected chi connectivity index (χ0v) is 23.8. The second-order valence-corrected chi connectivity index (χ2v) is 9.56. The molecule has 42 heavy (non-hydrogen) atoms. The highest BCUT2D eigenvalue weighted by atomic mass is 16.5. The minimum atomic E-state index is -0.498. The number of ketones is 1. The lowest BCUT2D eigenvalue weighted by molar-refractivity contribution is -0.113. The molecule has 7 heteroatoms. The number of benzene rings is 4. The van der Waals surface area contributed by atoms with Crippen LogP contribution in [0.1, 0.15) is 38.8 Å². The molecule has 0 radical (unpaired) electrons. The largest absolute Gasteiger partial charge is 0.493 e. The summed E-state index contributed by atoms with van der Waals surface area (Å²) in [6.45, 7) is 2.44. The zero-order chi connectivity index (χ0) is 29.9. The highest BCUT2D eigenvalue weighted by molar-refractivity contribution is 6.11. The summed E-state index contributed by atoms with van der Waals surface area (Å²) >= 11 is 0. The molecule has 0 saturated carbocycles. The highest BCUT2D eigenvalue weighted by Gasteiger charge is 2.15. The number of para-hydroxylation sites is 1. The van der Waals surface area contributed by atoms with Crippen molar-refractivity contribution in [3.63, 3.8) is 0 Å². The Kier molecular flexibility index (Phi) is 10.0. The average molecular weight is 560 g/mol. The summed E-state index contributed by atoms with van der Waals surface area (Å²) in [5.41, 5.74) is 4.02. The van der Waals surface area contributed by atoms with E-state index in [1.807, 2.05) is 80.5 Å². The van der Waals surface area contributed by atoms with Gasteiger partial charge in [0.05, 0.1) is 6.61 Å².